The first-order chi connectivity index (χ1) is 15.7. The van der Waals surface area contributed by atoms with Gasteiger partial charge >= 0.3 is 0 Å². The zero-order valence-electron chi connectivity index (χ0n) is 21.7. The van der Waals surface area contributed by atoms with Crippen LogP contribution in [0.1, 0.15) is 92.4 Å². The number of fused-ring (bicyclic) bond motifs is 5. The van der Waals surface area contributed by atoms with E-state index in [0.717, 1.165) is 62.1 Å². The first-order valence-electron chi connectivity index (χ1n) is 13.9. The lowest BCUT2D eigenvalue weighted by molar-refractivity contribution is -0.172. The minimum atomic E-state index is -0.355. The van der Waals surface area contributed by atoms with Gasteiger partial charge in [-0.3, -0.25) is 0 Å². The SMILES string of the molecule is CC(C)C(C#N)CC[C@@H](C)[C@H]1CC[C@H]2[C@@H]3CC=C4CC5(C[CH][C@]4(C)[C@H]3CC[C@]12C)OCCO5. The highest BCUT2D eigenvalue weighted by molar-refractivity contribution is 5.31. The Balaban J connectivity index is 1.30. The van der Waals surface area contributed by atoms with E-state index in [2.05, 4.69) is 53.2 Å². The number of allylic oxidation sites excluding steroid dienone is 1. The zero-order valence-corrected chi connectivity index (χ0v) is 21.7. The predicted molar refractivity (Wildman–Crippen MR) is 132 cm³/mol. The van der Waals surface area contributed by atoms with Crippen molar-refractivity contribution in [3.63, 3.8) is 0 Å². The van der Waals surface area contributed by atoms with Gasteiger partial charge in [-0.25, -0.2) is 0 Å². The topological polar surface area (TPSA) is 42.2 Å². The normalized spacial score (nSPS) is 43.4. The maximum absolute atomic E-state index is 9.55. The second-order valence-electron chi connectivity index (χ2n) is 13.1. The summed E-state index contributed by atoms with van der Waals surface area (Å²) in [6.45, 7) is 13.6. The molecule has 1 aliphatic heterocycles. The van der Waals surface area contributed by atoms with Crippen molar-refractivity contribution in [1.29, 1.82) is 5.26 Å². The van der Waals surface area contributed by atoms with Crippen molar-refractivity contribution in [2.75, 3.05) is 13.2 Å². The molecule has 33 heavy (non-hydrogen) atoms. The van der Waals surface area contributed by atoms with Crippen LogP contribution in [0.2, 0.25) is 0 Å². The molecule has 5 aliphatic rings. The summed E-state index contributed by atoms with van der Waals surface area (Å²) < 4.78 is 12.2. The number of nitrogens with zero attached hydrogens (tertiary/aromatic N) is 1. The average Bonchev–Trinajstić information content (AvgIpc) is 3.38. The van der Waals surface area contributed by atoms with E-state index in [-0.39, 0.29) is 17.1 Å². The Bertz CT molecular complexity index is 805. The molecule has 0 aromatic rings. The van der Waals surface area contributed by atoms with Crippen LogP contribution in [0.5, 0.6) is 0 Å². The van der Waals surface area contributed by atoms with Crippen LogP contribution in [0.4, 0.5) is 0 Å². The van der Waals surface area contributed by atoms with Gasteiger partial charge in [-0.15, -0.1) is 0 Å². The molecule has 1 unspecified atom stereocenters. The molecule has 3 nitrogen and oxygen atoms in total. The van der Waals surface area contributed by atoms with Crippen molar-refractivity contribution in [2.45, 2.75) is 98.2 Å². The number of rotatable bonds is 5. The van der Waals surface area contributed by atoms with E-state index in [1.54, 1.807) is 5.57 Å². The number of nitriles is 1. The summed E-state index contributed by atoms with van der Waals surface area (Å²) in [5.74, 6) is 4.36. The summed E-state index contributed by atoms with van der Waals surface area (Å²) in [6.07, 6.45) is 16.2. The van der Waals surface area contributed by atoms with Crippen LogP contribution < -0.4 is 0 Å². The molecule has 0 bridgehead atoms. The summed E-state index contributed by atoms with van der Waals surface area (Å²) in [6, 6.07) is 2.57. The van der Waals surface area contributed by atoms with Gasteiger partial charge in [-0.1, -0.05) is 46.3 Å². The molecule has 4 fully saturated rings. The lowest BCUT2D eigenvalue weighted by Crippen LogP contribution is -2.53. The van der Waals surface area contributed by atoms with Gasteiger partial charge in [0.2, 0.25) is 0 Å². The minimum absolute atomic E-state index is 0.216. The second-order valence-corrected chi connectivity index (χ2v) is 13.1. The van der Waals surface area contributed by atoms with Crippen LogP contribution in [-0.2, 0) is 9.47 Å². The number of ether oxygens (including phenoxy) is 2. The van der Waals surface area contributed by atoms with Gasteiger partial charge < -0.3 is 9.47 Å². The van der Waals surface area contributed by atoms with Crippen LogP contribution >= 0.6 is 0 Å². The number of hydrogen-bond acceptors (Lipinski definition) is 3. The Morgan fingerprint density at radius 1 is 1.06 bits per heavy atom. The molecule has 1 heterocycles. The lowest BCUT2D eigenvalue weighted by atomic mass is 9.46. The van der Waals surface area contributed by atoms with Crippen molar-refractivity contribution in [3.05, 3.63) is 18.1 Å². The molecule has 4 aliphatic carbocycles. The van der Waals surface area contributed by atoms with Gasteiger partial charge in [-0.05, 0) is 97.7 Å². The van der Waals surface area contributed by atoms with E-state index in [9.17, 15) is 5.26 Å². The Morgan fingerprint density at radius 2 is 1.82 bits per heavy atom. The highest BCUT2D eigenvalue weighted by Gasteiger charge is 2.60. The van der Waals surface area contributed by atoms with Gasteiger partial charge in [0, 0.05) is 18.8 Å². The molecule has 3 saturated carbocycles. The summed E-state index contributed by atoms with van der Waals surface area (Å²) in [5, 5.41) is 9.55. The fraction of sp³-hybridized carbons (Fsp3) is 0.867. The van der Waals surface area contributed by atoms with Crippen molar-refractivity contribution in [1.82, 2.24) is 0 Å². The van der Waals surface area contributed by atoms with Crippen LogP contribution in [0.15, 0.2) is 11.6 Å². The first-order valence-corrected chi connectivity index (χ1v) is 13.9. The van der Waals surface area contributed by atoms with Gasteiger partial charge in [0.25, 0.3) is 0 Å². The summed E-state index contributed by atoms with van der Waals surface area (Å²) in [7, 11) is 0. The molecule has 8 atom stereocenters. The van der Waals surface area contributed by atoms with E-state index in [1.165, 1.54) is 38.5 Å². The van der Waals surface area contributed by atoms with E-state index in [4.69, 9.17) is 9.47 Å². The minimum Gasteiger partial charge on any atom is -0.347 e. The molecule has 1 saturated heterocycles. The van der Waals surface area contributed by atoms with Crippen LogP contribution in [0, 0.1) is 70.0 Å². The third-order valence-electron chi connectivity index (χ3n) is 11.3. The van der Waals surface area contributed by atoms with Gasteiger partial charge in [0.05, 0.1) is 19.3 Å². The number of hydrogen-bond donors (Lipinski definition) is 0. The van der Waals surface area contributed by atoms with E-state index in [1.807, 2.05) is 0 Å². The fourth-order valence-corrected chi connectivity index (χ4v) is 9.25. The zero-order chi connectivity index (χ0) is 23.4. The molecule has 0 amide bonds. The Labute approximate surface area is 202 Å². The van der Waals surface area contributed by atoms with Crippen LogP contribution in [-0.4, -0.2) is 19.0 Å². The standard InChI is InChI=1S/C30H46NO2/c1-20(2)22(19-31)7-6-21(3)25-10-11-26-24-9-8-23-18-30(32-16-17-33-30)15-14-28(23,4)27(24)12-13-29(25,26)5/h8,14,20-22,24-27H,6-7,9-13,15-18H2,1-5H3/t21-,22?,24+,25-,26+,27+,28+,29-/m1/s1. The van der Waals surface area contributed by atoms with Crippen LogP contribution in [0.25, 0.3) is 0 Å². The molecule has 1 spiro atoms. The molecular formula is C30H46NO2. The quantitative estimate of drug-likeness (QED) is 0.410. The maximum Gasteiger partial charge on any atom is 0.172 e. The maximum atomic E-state index is 9.55. The molecule has 0 aromatic carbocycles. The third-order valence-corrected chi connectivity index (χ3v) is 11.3. The Kier molecular flexibility index (Phi) is 6.27. The molecule has 5 rings (SSSR count). The van der Waals surface area contributed by atoms with Crippen molar-refractivity contribution >= 4 is 0 Å². The smallest absolute Gasteiger partial charge is 0.172 e. The summed E-state index contributed by atoms with van der Waals surface area (Å²) >= 11 is 0. The highest BCUT2D eigenvalue weighted by Crippen LogP contribution is 2.68. The predicted octanol–water partition coefficient (Wildman–Crippen LogP) is 7.33. The molecule has 0 aromatic heterocycles. The van der Waals surface area contributed by atoms with Crippen molar-refractivity contribution < 1.29 is 9.47 Å². The summed E-state index contributed by atoms with van der Waals surface area (Å²) in [4.78, 5) is 0. The van der Waals surface area contributed by atoms with Gasteiger partial charge in [0.1, 0.15) is 0 Å². The van der Waals surface area contributed by atoms with E-state index >= 15 is 0 Å². The highest BCUT2D eigenvalue weighted by atomic mass is 16.7. The molecular weight excluding hydrogens is 406 g/mol. The molecule has 0 N–H and O–H groups in total. The second kappa shape index (κ2) is 8.67. The molecule has 3 heteroatoms. The van der Waals surface area contributed by atoms with Gasteiger partial charge in [-0.2, -0.15) is 5.26 Å². The summed E-state index contributed by atoms with van der Waals surface area (Å²) in [5.41, 5.74) is 2.31. The first kappa shape index (κ1) is 23.9. The Morgan fingerprint density at radius 3 is 2.52 bits per heavy atom. The lowest BCUT2D eigenvalue weighted by Gasteiger charge is -2.59. The third kappa shape index (κ3) is 3.83. The van der Waals surface area contributed by atoms with E-state index < -0.39 is 0 Å². The monoisotopic (exact) mass is 452 g/mol. The molecule has 1 radical (unpaired) electrons. The van der Waals surface area contributed by atoms with Crippen molar-refractivity contribution in [3.8, 4) is 6.07 Å². The average molecular weight is 453 g/mol. The van der Waals surface area contributed by atoms with Crippen LogP contribution in [0.3, 0.4) is 0 Å². The van der Waals surface area contributed by atoms with E-state index in [0.29, 0.717) is 11.3 Å². The van der Waals surface area contributed by atoms with Crippen molar-refractivity contribution in [2.24, 2.45) is 52.3 Å². The molecule has 183 valence electrons. The largest absolute Gasteiger partial charge is 0.347 e. The Hall–Kier alpha value is -0.850. The fourth-order valence-electron chi connectivity index (χ4n) is 9.25. The van der Waals surface area contributed by atoms with Gasteiger partial charge in [0.15, 0.2) is 5.79 Å².